The van der Waals surface area contributed by atoms with Gasteiger partial charge in [-0.3, -0.25) is 0 Å². The van der Waals surface area contributed by atoms with E-state index in [0.717, 1.165) is 25.2 Å². The number of anilines is 1. The summed E-state index contributed by atoms with van der Waals surface area (Å²) in [5.74, 6) is 0.785. The van der Waals surface area contributed by atoms with Crippen LogP contribution in [0.15, 0.2) is 48.5 Å². The third-order valence-corrected chi connectivity index (χ3v) is 4.70. The number of aromatic amines is 1. The molecule has 2 N–H and O–H groups in total. The number of carbonyl (C=O) groups excluding carboxylic acids is 1. The molecule has 2 aromatic carbocycles. The molecule has 0 bridgehead atoms. The lowest BCUT2D eigenvalue weighted by molar-refractivity contribution is 0.0799. The lowest BCUT2D eigenvalue weighted by Gasteiger charge is -2.25. The first-order chi connectivity index (χ1) is 13.8. The Morgan fingerprint density at radius 3 is 2.93 bits per heavy atom. The van der Waals surface area contributed by atoms with Crippen LogP contribution in [-0.4, -0.2) is 58.7 Å². The first-order valence-corrected chi connectivity index (χ1v) is 9.44. The van der Waals surface area contributed by atoms with Gasteiger partial charge in [0.2, 0.25) is 0 Å². The molecule has 4 rings (SSSR count). The van der Waals surface area contributed by atoms with E-state index in [1.807, 2.05) is 48.5 Å². The highest BCUT2D eigenvalue weighted by Gasteiger charge is 2.23. The minimum atomic E-state index is -0.206. The van der Waals surface area contributed by atoms with Crippen molar-refractivity contribution in [2.24, 2.45) is 0 Å². The molecule has 1 aliphatic rings. The van der Waals surface area contributed by atoms with Crippen molar-refractivity contribution in [1.82, 2.24) is 20.3 Å². The third kappa shape index (κ3) is 4.40. The molecule has 8 nitrogen and oxygen atoms in total. The van der Waals surface area contributed by atoms with E-state index < -0.39 is 0 Å². The summed E-state index contributed by atoms with van der Waals surface area (Å²) >= 11 is 0. The lowest BCUT2D eigenvalue weighted by atomic mass is 10.2. The molecule has 0 radical (unpaired) electrons. The zero-order valence-corrected chi connectivity index (χ0v) is 15.5. The fraction of sp³-hybridized carbons (Fsp3) is 0.350. The number of nitrogens with one attached hydrogen (secondary N) is 2. The van der Waals surface area contributed by atoms with Gasteiger partial charge in [0.1, 0.15) is 23.4 Å². The molecule has 3 aromatic rings. The fourth-order valence-electron chi connectivity index (χ4n) is 3.26. The van der Waals surface area contributed by atoms with Crippen LogP contribution >= 0.6 is 0 Å². The average molecular weight is 381 g/mol. The molecule has 2 heterocycles. The average Bonchev–Trinajstić information content (AvgIpc) is 3.40. The number of benzene rings is 2. The standard InChI is InChI=1S/C20H23N5O3/c26-20(21-17-9-4-10-18-19(17)23-24-22-18)25(14-16-8-5-12-27-16)11-13-28-15-6-2-1-3-7-15/h1-4,6-7,9-10,16H,5,8,11-14H2,(H,21,26)(H,22,23,24)/t16-/m0/s1. The monoisotopic (exact) mass is 381 g/mol. The number of H-pyrrole nitrogens is 1. The van der Waals surface area contributed by atoms with Gasteiger partial charge < -0.3 is 19.7 Å². The number of urea groups is 1. The highest BCUT2D eigenvalue weighted by molar-refractivity contribution is 5.98. The quantitative estimate of drug-likeness (QED) is 0.656. The number of amides is 2. The van der Waals surface area contributed by atoms with E-state index in [1.165, 1.54) is 0 Å². The summed E-state index contributed by atoms with van der Waals surface area (Å²) in [4.78, 5) is 14.7. The van der Waals surface area contributed by atoms with Crippen molar-refractivity contribution in [3.8, 4) is 5.75 Å². The first kappa shape index (κ1) is 18.2. The van der Waals surface area contributed by atoms with Gasteiger partial charge in [-0.2, -0.15) is 15.4 Å². The summed E-state index contributed by atoms with van der Waals surface area (Å²) in [6.07, 6.45) is 2.05. The van der Waals surface area contributed by atoms with Crippen LogP contribution in [0.5, 0.6) is 5.75 Å². The summed E-state index contributed by atoms with van der Waals surface area (Å²) in [7, 11) is 0. The van der Waals surface area contributed by atoms with Gasteiger partial charge in [0.25, 0.3) is 0 Å². The second kappa shape index (κ2) is 8.71. The number of fused-ring (bicyclic) bond motifs is 1. The number of rotatable bonds is 7. The van der Waals surface area contributed by atoms with Gasteiger partial charge >= 0.3 is 6.03 Å². The van der Waals surface area contributed by atoms with E-state index in [2.05, 4.69) is 20.7 Å². The van der Waals surface area contributed by atoms with Crippen LogP contribution in [0.25, 0.3) is 11.0 Å². The largest absolute Gasteiger partial charge is 0.492 e. The minimum absolute atomic E-state index is 0.0605. The molecular weight excluding hydrogens is 358 g/mol. The Kier molecular flexibility index (Phi) is 5.67. The highest BCUT2D eigenvalue weighted by Crippen LogP contribution is 2.20. The molecule has 1 aliphatic heterocycles. The SMILES string of the molecule is O=C(Nc1cccc2n[nH]nc12)N(CCOc1ccccc1)C[C@@H]1CCCO1. The van der Waals surface area contributed by atoms with Crippen molar-refractivity contribution >= 4 is 22.8 Å². The zero-order valence-electron chi connectivity index (χ0n) is 15.5. The first-order valence-electron chi connectivity index (χ1n) is 9.44. The molecule has 0 spiro atoms. The Morgan fingerprint density at radius 1 is 1.21 bits per heavy atom. The Labute approximate surface area is 162 Å². The van der Waals surface area contributed by atoms with Crippen LogP contribution in [0, 0.1) is 0 Å². The van der Waals surface area contributed by atoms with Crippen LogP contribution < -0.4 is 10.1 Å². The second-order valence-electron chi connectivity index (χ2n) is 6.67. The Bertz CT molecular complexity index is 908. The number of aromatic nitrogens is 3. The number of nitrogens with zero attached hydrogens (tertiary/aromatic N) is 3. The summed E-state index contributed by atoms with van der Waals surface area (Å²) in [6, 6.07) is 14.9. The van der Waals surface area contributed by atoms with Crippen LogP contribution in [0.3, 0.4) is 0 Å². The van der Waals surface area contributed by atoms with Crippen molar-refractivity contribution in [3.63, 3.8) is 0 Å². The molecule has 1 fully saturated rings. The maximum atomic E-state index is 13.0. The van der Waals surface area contributed by atoms with Crippen LogP contribution in [0.1, 0.15) is 12.8 Å². The van der Waals surface area contributed by atoms with Gasteiger partial charge in [-0.15, -0.1) is 0 Å². The van der Waals surface area contributed by atoms with Crippen molar-refractivity contribution in [2.45, 2.75) is 18.9 Å². The van der Waals surface area contributed by atoms with Crippen molar-refractivity contribution in [3.05, 3.63) is 48.5 Å². The number of ether oxygens (including phenoxy) is 2. The maximum Gasteiger partial charge on any atom is 0.322 e. The van der Waals surface area contributed by atoms with Crippen molar-refractivity contribution in [2.75, 3.05) is 31.6 Å². The zero-order chi connectivity index (χ0) is 19.2. The number of hydrogen-bond donors (Lipinski definition) is 2. The van der Waals surface area contributed by atoms with Crippen molar-refractivity contribution < 1.29 is 14.3 Å². The molecular formula is C20H23N5O3. The summed E-state index contributed by atoms with van der Waals surface area (Å²) in [5, 5.41) is 13.7. The van der Waals surface area contributed by atoms with Gasteiger partial charge in [-0.25, -0.2) is 4.79 Å². The summed E-state index contributed by atoms with van der Waals surface area (Å²) in [5.41, 5.74) is 1.96. The molecule has 1 atom stereocenters. The normalized spacial score (nSPS) is 16.2. The predicted octanol–water partition coefficient (Wildman–Crippen LogP) is 3.05. The third-order valence-electron chi connectivity index (χ3n) is 4.70. The maximum absolute atomic E-state index is 13.0. The summed E-state index contributed by atoms with van der Waals surface area (Å²) in [6.45, 7) is 2.13. The molecule has 2 amide bonds. The van der Waals surface area contributed by atoms with Gasteiger partial charge in [0, 0.05) is 13.2 Å². The van der Waals surface area contributed by atoms with Gasteiger partial charge in [-0.1, -0.05) is 24.3 Å². The molecule has 8 heteroatoms. The van der Waals surface area contributed by atoms with Gasteiger partial charge in [-0.05, 0) is 37.1 Å². The topological polar surface area (TPSA) is 92.4 Å². The van der Waals surface area contributed by atoms with Gasteiger partial charge in [0.15, 0.2) is 0 Å². The lowest BCUT2D eigenvalue weighted by Crippen LogP contribution is -2.42. The predicted molar refractivity (Wildman–Crippen MR) is 105 cm³/mol. The van der Waals surface area contributed by atoms with E-state index in [9.17, 15) is 4.79 Å². The molecule has 146 valence electrons. The summed E-state index contributed by atoms with van der Waals surface area (Å²) < 4.78 is 11.5. The minimum Gasteiger partial charge on any atom is -0.492 e. The van der Waals surface area contributed by atoms with Crippen molar-refractivity contribution in [1.29, 1.82) is 0 Å². The number of hydrogen-bond acceptors (Lipinski definition) is 5. The van der Waals surface area contributed by atoms with E-state index in [-0.39, 0.29) is 12.1 Å². The molecule has 1 saturated heterocycles. The van der Waals surface area contributed by atoms with Crippen LogP contribution in [-0.2, 0) is 4.74 Å². The Hall–Kier alpha value is -3.13. The molecule has 28 heavy (non-hydrogen) atoms. The molecule has 1 aromatic heterocycles. The van der Waals surface area contributed by atoms with E-state index in [4.69, 9.17) is 9.47 Å². The van der Waals surface area contributed by atoms with E-state index in [1.54, 1.807) is 4.90 Å². The molecule has 0 aliphatic carbocycles. The Balaban J connectivity index is 1.42. The van der Waals surface area contributed by atoms with E-state index >= 15 is 0 Å². The second-order valence-corrected chi connectivity index (χ2v) is 6.67. The number of carbonyl (C=O) groups is 1. The van der Waals surface area contributed by atoms with Crippen LogP contribution in [0.2, 0.25) is 0 Å². The smallest absolute Gasteiger partial charge is 0.322 e. The fourth-order valence-corrected chi connectivity index (χ4v) is 3.26. The molecule has 0 saturated carbocycles. The van der Waals surface area contributed by atoms with Gasteiger partial charge in [0.05, 0.1) is 18.3 Å². The Morgan fingerprint density at radius 2 is 2.11 bits per heavy atom. The number of para-hydroxylation sites is 2. The molecule has 0 unspecified atom stereocenters. The van der Waals surface area contributed by atoms with E-state index in [0.29, 0.717) is 36.4 Å². The van der Waals surface area contributed by atoms with Crippen LogP contribution in [0.4, 0.5) is 10.5 Å². The highest BCUT2D eigenvalue weighted by atomic mass is 16.5.